The molecule has 0 bridgehead atoms. The Hall–Kier alpha value is -1.36. The lowest BCUT2D eigenvalue weighted by atomic mass is 9.78. The van der Waals surface area contributed by atoms with Crippen LogP contribution in [0.2, 0.25) is 5.02 Å². The fraction of sp³-hybridized carbons (Fsp3) is 0.438. The number of aryl methyl sites for hydroxylation is 2. The highest BCUT2D eigenvalue weighted by atomic mass is 35.5. The van der Waals surface area contributed by atoms with E-state index in [4.69, 9.17) is 17.4 Å². The molecule has 2 unspecified atom stereocenters. The van der Waals surface area contributed by atoms with E-state index in [9.17, 15) is 0 Å². The van der Waals surface area contributed by atoms with Crippen LogP contribution in [-0.2, 0) is 13.0 Å². The first-order chi connectivity index (χ1) is 10.3. The van der Waals surface area contributed by atoms with Crippen LogP contribution in [0.25, 0.3) is 0 Å². The Bertz CT molecular complexity index is 622. The summed E-state index contributed by atoms with van der Waals surface area (Å²) in [6.07, 6.45) is 5.14. The Labute approximate surface area is 130 Å². The zero-order chi connectivity index (χ0) is 14.8. The molecular weight excluding hydrogens is 284 g/mol. The van der Waals surface area contributed by atoms with Crippen LogP contribution in [0.3, 0.4) is 0 Å². The summed E-state index contributed by atoms with van der Waals surface area (Å²) in [6.45, 7) is 2.85. The van der Waals surface area contributed by atoms with Crippen molar-refractivity contribution < 1.29 is 0 Å². The second-order valence-electron chi connectivity index (χ2n) is 5.54. The molecule has 3 rings (SSSR count). The molecule has 2 aromatic rings. The van der Waals surface area contributed by atoms with Crippen LogP contribution in [0.5, 0.6) is 0 Å². The smallest absolute Gasteiger partial charge is 0.0834 e. The monoisotopic (exact) mass is 304 g/mol. The third-order valence-electron chi connectivity index (χ3n) is 4.43. The number of aromatic nitrogens is 2. The molecule has 4 nitrogen and oxygen atoms in total. The maximum Gasteiger partial charge on any atom is 0.0834 e. The maximum atomic E-state index is 6.36. The highest BCUT2D eigenvalue weighted by Gasteiger charge is 2.31. The SMILES string of the molecule is CCn1ncc(Cl)c1C(NN)C1CCCc2ccccc21. The predicted molar refractivity (Wildman–Crippen MR) is 85.1 cm³/mol. The Morgan fingerprint density at radius 2 is 2.29 bits per heavy atom. The van der Waals surface area contributed by atoms with Crippen molar-refractivity contribution in [1.29, 1.82) is 0 Å². The summed E-state index contributed by atoms with van der Waals surface area (Å²) in [5, 5.41) is 5.03. The highest BCUT2D eigenvalue weighted by molar-refractivity contribution is 6.31. The number of rotatable bonds is 4. The number of hydrogen-bond acceptors (Lipinski definition) is 3. The van der Waals surface area contributed by atoms with E-state index in [2.05, 4.69) is 41.7 Å². The van der Waals surface area contributed by atoms with Crippen molar-refractivity contribution >= 4 is 11.6 Å². The number of nitrogens with zero attached hydrogens (tertiary/aromatic N) is 2. The first kappa shape index (κ1) is 14.6. The molecule has 0 saturated carbocycles. The van der Waals surface area contributed by atoms with Gasteiger partial charge in [-0.2, -0.15) is 5.10 Å². The third kappa shape index (κ3) is 2.59. The summed E-state index contributed by atoms with van der Waals surface area (Å²) >= 11 is 6.36. The molecule has 0 amide bonds. The molecule has 0 aliphatic heterocycles. The average molecular weight is 305 g/mol. The molecule has 112 valence electrons. The molecule has 21 heavy (non-hydrogen) atoms. The van der Waals surface area contributed by atoms with Gasteiger partial charge >= 0.3 is 0 Å². The van der Waals surface area contributed by atoms with Crippen LogP contribution in [0.4, 0.5) is 0 Å². The molecule has 2 atom stereocenters. The van der Waals surface area contributed by atoms with Gasteiger partial charge in [-0.3, -0.25) is 16.0 Å². The number of nitrogens with one attached hydrogen (secondary N) is 1. The van der Waals surface area contributed by atoms with E-state index < -0.39 is 0 Å². The number of benzene rings is 1. The summed E-state index contributed by atoms with van der Waals surface area (Å²) in [5.41, 5.74) is 6.78. The second-order valence-corrected chi connectivity index (χ2v) is 5.94. The maximum absolute atomic E-state index is 6.36. The minimum absolute atomic E-state index is 0.0126. The topological polar surface area (TPSA) is 55.9 Å². The predicted octanol–water partition coefficient (Wildman–Crippen LogP) is 3.18. The van der Waals surface area contributed by atoms with Gasteiger partial charge in [0.2, 0.25) is 0 Å². The van der Waals surface area contributed by atoms with E-state index in [1.54, 1.807) is 6.20 Å². The van der Waals surface area contributed by atoms with Gasteiger partial charge in [0.05, 0.1) is 23.0 Å². The van der Waals surface area contributed by atoms with Crippen molar-refractivity contribution in [3.63, 3.8) is 0 Å². The Morgan fingerprint density at radius 3 is 3.05 bits per heavy atom. The zero-order valence-corrected chi connectivity index (χ0v) is 13.0. The zero-order valence-electron chi connectivity index (χ0n) is 12.2. The number of nitrogens with two attached hydrogens (primary N) is 1. The molecule has 1 aromatic heterocycles. The van der Waals surface area contributed by atoms with Gasteiger partial charge in [-0.1, -0.05) is 35.9 Å². The number of hydrogen-bond donors (Lipinski definition) is 2. The van der Waals surface area contributed by atoms with Gasteiger partial charge in [0.25, 0.3) is 0 Å². The molecule has 0 fully saturated rings. The van der Waals surface area contributed by atoms with Gasteiger partial charge in [0, 0.05) is 12.5 Å². The molecule has 3 N–H and O–H groups in total. The van der Waals surface area contributed by atoms with Gasteiger partial charge in [-0.15, -0.1) is 0 Å². The van der Waals surface area contributed by atoms with Crippen LogP contribution in [0, 0.1) is 0 Å². The summed E-state index contributed by atoms with van der Waals surface area (Å²) in [7, 11) is 0. The molecule has 0 saturated heterocycles. The molecule has 0 spiro atoms. The molecule has 0 radical (unpaired) electrons. The Morgan fingerprint density at radius 1 is 1.48 bits per heavy atom. The minimum atomic E-state index is -0.0126. The van der Waals surface area contributed by atoms with E-state index in [1.807, 2.05) is 4.68 Å². The molecular formula is C16H21ClN4. The van der Waals surface area contributed by atoms with Crippen molar-refractivity contribution in [2.45, 2.75) is 44.7 Å². The van der Waals surface area contributed by atoms with Gasteiger partial charge in [-0.05, 0) is 37.3 Å². The van der Waals surface area contributed by atoms with E-state index >= 15 is 0 Å². The quantitative estimate of drug-likeness (QED) is 0.674. The van der Waals surface area contributed by atoms with E-state index in [0.717, 1.165) is 25.1 Å². The highest BCUT2D eigenvalue weighted by Crippen LogP contribution is 2.41. The van der Waals surface area contributed by atoms with Crippen LogP contribution < -0.4 is 11.3 Å². The standard InChI is InChI=1S/C16H21ClN4/c1-2-21-16(14(17)10-19-21)15(20-18)13-9-5-7-11-6-3-4-8-12(11)13/h3-4,6,8,10,13,15,20H,2,5,7,9,18H2,1H3. The summed E-state index contributed by atoms with van der Waals surface area (Å²) in [4.78, 5) is 0. The number of hydrazine groups is 1. The van der Waals surface area contributed by atoms with Crippen molar-refractivity contribution in [1.82, 2.24) is 15.2 Å². The fourth-order valence-corrected chi connectivity index (χ4v) is 3.72. The van der Waals surface area contributed by atoms with Gasteiger partial charge in [0.15, 0.2) is 0 Å². The molecule has 1 aromatic carbocycles. The largest absolute Gasteiger partial charge is 0.271 e. The first-order valence-electron chi connectivity index (χ1n) is 7.51. The first-order valence-corrected chi connectivity index (χ1v) is 7.89. The van der Waals surface area contributed by atoms with Crippen LogP contribution in [0.1, 0.15) is 48.5 Å². The number of halogens is 1. The summed E-state index contributed by atoms with van der Waals surface area (Å²) in [6, 6.07) is 8.62. The lowest BCUT2D eigenvalue weighted by Crippen LogP contribution is -2.35. The van der Waals surface area contributed by atoms with Gasteiger partial charge < -0.3 is 0 Å². The van der Waals surface area contributed by atoms with Crippen molar-refractivity contribution in [2.75, 3.05) is 0 Å². The Kier molecular flexibility index (Phi) is 4.29. The van der Waals surface area contributed by atoms with Crippen LogP contribution in [0.15, 0.2) is 30.5 Å². The third-order valence-corrected chi connectivity index (χ3v) is 4.72. The van der Waals surface area contributed by atoms with Gasteiger partial charge in [-0.25, -0.2) is 0 Å². The lowest BCUT2D eigenvalue weighted by molar-refractivity contribution is 0.384. The van der Waals surface area contributed by atoms with E-state index in [0.29, 0.717) is 10.9 Å². The second kappa shape index (κ2) is 6.18. The summed E-state index contributed by atoms with van der Waals surface area (Å²) in [5.74, 6) is 6.23. The normalized spacial score (nSPS) is 19.3. The average Bonchev–Trinajstić information content (AvgIpc) is 2.90. The summed E-state index contributed by atoms with van der Waals surface area (Å²) < 4.78 is 1.93. The Balaban J connectivity index is 2.03. The van der Waals surface area contributed by atoms with Crippen LogP contribution in [-0.4, -0.2) is 9.78 Å². The van der Waals surface area contributed by atoms with Crippen molar-refractivity contribution in [3.05, 3.63) is 52.3 Å². The fourth-order valence-electron chi connectivity index (χ4n) is 3.46. The minimum Gasteiger partial charge on any atom is -0.271 e. The molecule has 1 heterocycles. The van der Waals surface area contributed by atoms with Crippen molar-refractivity contribution in [2.24, 2.45) is 5.84 Å². The molecule has 5 heteroatoms. The van der Waals surface area contributed by atoms with E-state index in [1.165, 1.54) is 17.5 Å². The molecule has 1 aliphatic rings. The van der Waals surface area contributed by atoms with Crippen LogP contribution >= 0.6 is 11.6 Å². The lowest BCUT2D eigenvalue weighted by Gasteiger charge is -2.32. The van der Waals surface area contributed by atoms with Gasteiger partial charge in [0.1, 0.15) is 0 Å². The van der Waals surface area contributed by atoms with Crippen molar-refractivity contribution in [3.8, 4) is 0 Å². The molecule has 1 aliphatic carbocycles. The van der Waals surface area contributed by atoms with E-state index in [-0.39, 0.29) is 6.04 Å². The number of fused-ring (bicyclic) bond motifs is 1.